The molecule has 1 fully saturated rings. The SMILES string of the molecule is CCCCCC/C=C/C1CCC(O)[C@@H]1C/C=C\CCCC(=O)OC(C)C. The molecule has 0 aromatic heterocycles. The van der Waals surface area contributed by atoms with E-state index in [9.17, 15) is 9.90 Å². The van der Waals surface area contributed by atoms with E-state index in [-0.39, 0.29) is 18.2 Å². The van der Waals surface area contributed by atoms with Crippen molar-refractivity contribution in [3.05, 3.63) is 24.3 Å². The summed E-state index contributed by atoms with van der Waals surface area (Å²) < 4.78 is 5.13. The number of unbranched alkanes of at least 4 members (excludes halogenated alkanes) is 5. The molecule has 3 nitrogen and oxygen atoms in total. The van der Waals surface area contributed by atoms with E-state index < -0.39 is 0 Å². The molecule has 150 valence electrons. The van der Waals surface area contributed by atoms with Gasteiger partial charge in [-0.2, -0.15) is 0 Å². The van der Waals surface area contributed by atoms with Crippen LogP contribution in [-0.4, -0.2) is 23.3 Å². The number of allylic oxidation sites excluding steroid dienone is 4. The zero-order valence-corrected chi connectivity index (χ0v) is 17.2. The minimum absolute atomic E-state index is 0.0291. The highest BCUT2D eigenvalue weighted by Crippen LogP contribution is 2.36. The number of aliphatic hydroxyl groups is 1. The van der Waals surface area contributed by atoms with Gasteiger partial charge in [0.15, 0.2) is 0 Å². The van der Waals surface area contributed by atoms with Gasteiger partial charge in [0.05, 0.1) is 12.2 Å². The van der Waals surface area contributed by atoms with Gasteiger partial charge >= 0.3 is 5.97 Å². The van der Waals surface area contributed by atoms with Crippen LogP contribution in [0.2, 0.25) is 0 Å². The summed E-state index contributed by atoms with van der Waals surface area (Å²) in [7, 11) is 0. The van der Waals surface area contributed by atoms with Gasteiger partial charge in [-0.1, -0.05) is 50.5 Å². The van der Waals surface area contributed by atoms with Crippen molar-refractivity contribution in [2.45, 2.75) is 104 Å². The van der Waals surface area contributed by atoms with Crippen LogP contribution in [0.25, 0.3) is 0 Å². The summed E-state index contributed by atoms with van der Waals surface area (Å²) in [4.78, 5) is 11.5. The summed E-state index contributed by atoms with van der Waals surface area (Å²) in [5, 5.41) is 10.3. The van der Waals surface area contributed by atoms with Gasteiger partial charge < -0.3 is 9.84 Å². The van der Waals surface area contributed by atoms with E-state index in [1.54, 1.807) is 0 Å². The standard InChI is InChI=1S/C23H40O3/c1-4-5-6-7-8-11-14-20-17-18-22(24)21(20)15-12-9-10-13-16-23(25)26-19(2)3/h9,11-12,14,19-22,24H,4-8,10,13,15-18H2,1-3H3/b12-9-,14-11+/t20?,21-,22?/m1/s1. The molecule has 3 atom stereocenters. The fourth-order valence-corrected chi connectivity index (χ4v) is 3.66. The second kappa shape index (κ2) is 14.0. The topological polar surface area (TPSA) is 46.5 Å². The van der Waals surface area contributed by atoms with Crippen LogP contribution in [0.3, 0.4) is 0 Å². The van der Waals surface area contributed by atoms with Crippen LogP contribution in [0, 0.1) is 11.8 Å². The lowest BCUT2D eigenvalue weighted by atomic mass is 9.90. The first-order valence-corrected chi connectivity index (χ1v) is 10.7. The lowest BCUT2D eigenvalue weighted by molar-refractivity contribution is -0.147. The molecule has 1 rings (SSSR count). The quantitative estimate of drug-likeness (QED) is 0.249. The fraction of sp³-hybridized carbons (Fsp3) is 0.783. The van der Waals surface area contributed by atoms with Crippen molar-refractivity contribution in [3.63, 3.8) is 0 Å². The summed E-state index contributed by atoms with van der Waals surface area (Å²) in [6.45, 7) is 5.99. The van der Waals surface area contributed by atoms with E-state index in [2.05, 4.69) is 31.2 Å². The van der Waals surface area contributed by atoms with Crippen molar-refractivity contribution < 1.29 is 14.6 Å². The lowest BCUT2D eigenvalue weighted by Crippen LogP contribution is -2.17. The monoisotopic (exact) mass is 364 g/mol. The molecule has 0 amide bonds. The second-order valence-corrected chi connectivity index (χ2v) is 7.89. The molecule has 0 aromatic carbocycles. The minimum atomic E-state index is -0.171. The molecular weight excluding hydrogens is 324 g/mol. The Labute approximate surface area is 160 Å². The van der Waals surface area contributed by atoms with Crippen LogP contribution in [0.1, 0.15) is 91.4 Å². The third kappa shape index (κ3) is 10.2. The Morgan fingerprint density at radius 1 is 1.08 bits per heavy atom. The van der Waals surface area contributed by atoms with Crippen LogP contribution in [-0.2, 0) is 9.53 Å². The van der Waals surface area contributed by atoms with Crippen molar-refractivity contribution >= 4 is 5.97 Å². The third-order valence-electron chi connectivity index (χ3n) is 5.14. The minimum Gasteiger partial charge on any atom is -0.463 e. The Balaban J connectivity index is 2.23. The number of esters is 1. The Kier molecular flexibility index (Phi) is 12.4. The number of hydrogen-bond acceptors (Lipinski definition) is 3. The molecule has 0 spiro atoms. The maximum Gasteiger partial charge on any atom is 0.306 e. The highest BCUT2D eigenvalue weighted by Gasteiger charge is 2.32. The normalized spacial score (nSPS) is 23.5. The summed E-state index contributed by atoms with van der Waals surface area (Å²) in [5.74, 6) is 0.759. The number of aliphatic hydroxyl groups excluding tert-OH is 1. The van der Waals surface area contributed by atoms with Crippen LogP contribution in [0.5, 0.6) is 0 Å². The maximum absolute atomic E-state index is 11.5. The fourth-order valence-electron chi connectivity index (χ4n) is 3.66. The Morgan fingerprint density at radius 2 is 1.85 bits per heavy atom. The average molecular weight is 365 g/mol. The molecule has 1 aliphatic rings. The van der Waals surface area contributed by atoms with Gasteiger partial charge in [0, 0.05) is 6.42 Å². The summed E-state index contributed by atoms with van der Waals surface area (Å²) >= 11 is 0. The molecule has 0 saturated heterocycles. The number of ether oxygens (including phenoxy) is 1. The maximum atomic E-state index is 11.5. The number of carbonyl (C=O) groups is 1. The molecule has 0 radical (unpaired) electrons. The molecule has 3 heteroatoms. The van der Waals surface area contributed by atoms with Crippen molar-refractivity contribution in [3.8, 4) is 0 Å². The van der Waals surface area contributed by atoms with Gasteiger partial charge in [-0.3, -0.25) is 4.79 Å². The molecular formula is C23H40O3. The molecule has 1 saturated carbocycles. The van der Waals surface area contributed by atoms with Crippen molar-refractivity contribution in [1.29, 1.82) is 0 Å². The van der Waals surface area contributed by atoms with Crippen LogP contribution >= 0.6 is 0 Å². The molecule has 2 unspecified atom stereocenters. The Bertz CT molecular complexity index is 425. The first-order valence-electron chi connectivity index (χ1n) is 10.7. The molecule has 0 aromatic rings. The van der Waals surface area contributed by atoms with Crippen LogP contribution in [0.15, 0.2) is 24.3 Å². The van der Waals surface area contributed by atoms with Gasteiger partial charge in [0.1, 0.15) is 0 Å². The Morgan fingerprint density at radius 3 is 2.58 bits per heavy atom. The predicted octanol–water partition coefficient (Wildman–Crippen LogP) is 5.97. The van der Waals surface area contributed by atoms with Gasteiger partial charge in [-0.05, 0) is 70.6 Å². The van der Waals surface area contributed by atoms with E-state index in [1.165, 1.54) is 32.1 Å². The van der Waals surface area contributed by atoms with Gasteiger partial charge in [-0.25, -0.2) is 0 Å². The molecule has 0 aliphatic heterocycles. The molecule has 1 aliphatic carbocycles. The van der Waals surface area contributed by atoms with Crippen LogP contribution < -0.4 is 0 Å². The number of hydrogen-bond donors (Lipinski definition) is 1. The predicted molar refractivity (Wildman–Crippen MR) is 109 cm³/mol. The smallest absolute Gasteiger partial charge is 0.306 e. The first-order chi connectivity index (χ1) is 12.5. The van der Waals surface area contributed by atoms with E-state index in [4.69, 9.17) is 4.74 Å². The second-order valence-electron chi connectivity index (χ2n) is 7.89. The summed E-state index contributed by atoms with van der Waals surface area (Å²) in [6.07, 6.45) is 20.4. The van der Waals surface area contributed by atoms with Gasteiger partial charge in [0.25, 0.3) is 0 Å². The highest BCUT2D eigenvalue weighted by atomic mass is 16.5. The zero-order chi connectivity index (χ0) is 19.2. The Hall–Kier alpha value is -1.09. The van der Waals surface area contributed by atoms with Gasteiger partial charge in [-0.15, -0.1) is 0 Å². The van der Waals surface area contributed by atoms with Crippen molar-refractivity contribution in [1.82, 2.24) is 0 Å². The van der Waals surface area contributed by atoms with Crippen molar-refractivity contribution in [2.75, 3.05) is 0 Å². The lowest BCUT2D eigenvalue weighted by Gasteiger charge is -2.17. The average Bonchev–Trinajstić information content (AvgIpc) is 2.93. The molecule has 0 bridgehead atoms. The summed E-state index contributed by atoms with van der Waals surface area (Å²) in [5.41, 5.74) is 0. The number of rotatable bonds is 13. The van der Waals surface area contributed by atoms with Gasteiger partial charge in [0.2, 0.25) is 0 Å². The first kappa shape index (κ1) is 23.0. The van der Waals surface area contributed by atoms with E-state index in [0.717, 1.165) is 32.1 Å². The zero-order valence-electron chi connectivity index (χ0n) is 17.2. The largest absolute Gasteiger partial charge is 0.463 e. The molecule has 0 heterocycles. The van der Waals surface area contributed by atoms with Crippen LogP contribution in [0.4, 0.5) is 0 Å². The van der Waals surface area contributed by atoms with Crippen molar-refractivity contribution in [2.24, 2.45) is 11.8 Å². The van der Waals surface area contributed by atoms with E-state index in [1.807, 2.05) is 13.8 Å². The molecule has 1 N–H and O–H groups in total. The number of carbonyl (C=O) groups excluding carboxylic acids is 1. The van der Waals surface area contributed by atoms with E-state index in [0.29, 0.717) is 18.3 Å². The molecule has 26 heavy (non-hydrogen) atoms. The third-order valence-corrected chi connectivity index (χ3v) is 5.14. The highest BCUT2D eigenvalue weighted by molar-refractivity contribution is 5.69. The van der Waals surface area contributed by atoms with E-state index >= 15 is 0 Å². The summed E-state index contributed by atoms with van der Waals surface area (Å²) in [6, 6.07) is 0.